The molecule has 0 aliphatic carbocycles. The van der Waals surface area contributed by atoms with Crippen LogP contribution in [0.2, 0.25) is 0 Å². The van der Waals surface area contributed by atoms with Gasteiger partial charge >= 0.3 is 5.69 Å². The van der Waals surface area contributed by atoms with Crippen LogP contribution in [-0.2, 0) is 10.0 Å². The molecular weight excluding hydrogens is 418 g/mol. The third-order valence-electron chi connectivity index (χ3n) is 4.77. The average molecular weight is 437 g/mol. The Morgan fingerprint density at radius 3 is 2.58 bits per heavy atom. The van der Waals surface area contributed by atoms with Crippen molar-refractivity contribution in [3.8, 4) is 11.3 Å². The highest BCUT2D eigenvalue weighted by molar-refractivity contribution is 7.92. The van der Waals surface area contributed by atoms with E-state index in [2.05, 4.69) is 10.1 Å². The lowest BCUT2D eigenvalue weighted by molar-refractivity contribution is -0.383. The summed E-state index contributed by atoms with van der Waals surface area (Å²) in [5.74, 6) is 0. The molecule has 0 aliphatic heterocycles. The van der Waals surface area contributed by atoms with Gasteiger partial charge in [0.15, 0.2) is 0 Å². The van der Waals surface area contributed by atoms with E-state index in [4.69, 9.17) is 0 Å². The molecular formula is C21H19N5O4S. The molecule has 2 aromatic heterocycles. The molecule has 2 aromatic carbocycles. The van der Waals surface area contributed by atoms with Crippen molar-refractivity contribution in [1.82, 2.24) is 14.6 Å². The van der Waals surface area contributed by atoms with Crippen LogP contribution in [0.5, 0.6) is 0 Å². The molecule has 0 aliphatic rings. The molecule has 2 heterocycles. The van der Waals surface area contributed by atoms with E-state index in [9.17, 15) is 18.5 Å². The molecule has 0 saturated carbocycles. The van der Waals surface area contributed by atoms with E-state index in [-0.39, 0.29) is 16.2 Å². The van der Waals surface area contributed by atoms with Crippen LogP contribution in [0.25, 0.3) is 16.9 Å². The average Bonchev–Trinajstić information content (AvgIpc) is 3.23. The summed E-state index contributed by atoms with van der Waals surface area (Å²) in [5, 5.41) is 15.3. The second-order valence-corrected chi connectivity index (χ2v) is 8.66. The Morgan fingerprint density at radius 2 is 1.87 bits per heavy atom. The van der Waals surface area contributed by atoms with Gasteiger partial charge in [0.2, 0.25) is 5.65 Å². The van der Waals surface area contributed by atoms with Crippen molar-refractivity contribution in [2.45, 2.75) is 18.2 Å². The maximum absolute atomic E-state index is 13.3. The number of hydrogen-bond donors (Lipinski definition) is 0. The molecule has 158 valence electrons. The molecule has 0 saturated heterocycles. The first kappa shape index (κ1) is 20.5. The van der Waals surface area contributed by atoms with Gasteiger partial charge in [-0.1, -0.05) is 37.3 Å². The topological polar surface area (TPSA) is 111 Å². The second kappa shape index (κ2) is 8.15. The Bertz CT molecular complexity index is 1350. The van der Waals surface area contributed by atoms with Crippen LogP contribution in [0.1, 0.15) is 13.3 Å². The number of sulfonamides is 1. The zero-order valence-corrected chi connectivity index (χ0v) is 17.4. The van der Waals surface area contributed by atoms with Gasteiger partial charge in [-0.05, 0) is 36.8 Å². The first-order valence-electron chi connectivity index (χ1n) is 9.59. The number of anilines is 1. The fraction of sp³-hybridized carbons (Fsp3) is 0.143. The molecule has 0 unspecified atom stereocenters. The van der Waals surface area contributed by atoms with Crippen molar-refractivity contribution < 1.29 is 13.3 Å². The van der Waals surface area contributed by atoms with Crippen LogP contribution in [0.4, 0.5) is 11.4 Å². The summed E-state index contributed by atoms with van der Waals surface area (Å²) in [7, 11) is -3.76. The maximum atomic E-state index is 13.3. The molecule has 31 heavy (non-hydrogen) atoms. The van der Waals surface area contributed by atoms with E-state index < -0.39 is 14.9 Å². The minimum Gasteiger partial charge on any atom is -0.266 e. The first-order chi connectivity index (χ1) is 14.9. The van der Waals surface area contributed by atoms with Crippen molar-refractivity contribution >= 4 is 27.0 Å². The lowest BCUT2D eigenvalue weighted by atomic mass is 10.1. The van der Waals surface area contributed by atoms with Crippen LogP contribution >= 0.6 is 0 Å². The fourth-order valence-corrected chi connectivity index (χ4v) is 4.93. The quantitative estimate of drug-likeness (QED) is 0.320. The Kier molecular flexibility index (Phi) is 5.38. The van der Waals surface area contributed by atoms with Gasteiger partial charge in [0.1, 0.15) is 6.20 Å². The van der Waals surface area contributed by atoms with Crippen molar-refractivity contribution in [1.29, 1.82) is 0 Å². The summed E-state index contributed by atoms with van der Waals surface area (Å²) in [6.45, 7) is 2.21. The fourth-order valence-electron chi connectivity index (χ4n) is 3.36. The number of rotatable bonds is 7. The number of hydrogen-bond acceptors (Lipinski definition) is 6. The summed E-state index contributed by atoms with van der Waals surface area (Å²) in [5.41, 5.74) is 1.64. The third kappa shape index (κ3) is 3.73. The predicted octanol–water partition coefficient (Wildman–Crippen LogP) is 3.91. The second-order valence-electron chi connectivity index (χ2n) is 6.79. The van der Waals surface area contributed by atoms with Crippen molar-refractivity contribution in [2.75, 3.05) is 10.8 Å². The van der Waals surface area contributed by atoms with Crippen LogP contribution in [0, 0.1) is 10.1 Å². The number of nitro groups is 1. The van der Waals surface area contributed by atoms with E-state index in [0.717, 1.165) is 6.20 Å². The van der Waals surface area contributed by atoms with Gasteiger partial charge in [0, 0.05) is 18.3 Å². The molecule has 0 N–H and O–H groups in total. The van der Waals surface area contributed by atoms with E-state index >= 15 is 0 Å². The highest BCUT2D eigenvalue weighted by atomic mass is 32.2. The van der Waals surface area contributed by atoms with Gasteiger partial charge in [0.05, 0.1) is 21.2 Å². The molecule has 10 heteroatoms. The summed E-state index contributed by atoms with van der Waals surface area (Å²) in [6, 6.07) is 17.0. The number of fused-ring (bicyclic) bond motifs is 1. The zero-order chi connectivity index (χ0) is 22.0. The van der Waals surface area contributed by atoms with Crippen LogP contribution < -0.4 is 4.31 Å². The van der Waals surface area contributed by atoms with Crippen molar-refractivity contribution in [3.63, 3.8) is 0 Å². The third-order valence-corrected chi connectivity index (χ3v) is 6.61. The van der Waals surface area contributed by atoms with E-state index in [1.54, 1.807) is 60.7 Å². The summed E-state index contributed by atoms with van der Waals surface area (Å²) < 4.78 is 29.3. The lowest BCUT2D eigenvalue weighted by Crippen LogP contribution is -2.31. The van der Waals surface area contributed by atoms with Gasteiger partial charge < -0.3 is 0 Å². The maximum Gasteiger partial charge on any atom is 0.333 e. The highest BCUT2D eigenvalue weighted by Crippen LogP contribution is 2.30. The van der Waals surface area contributed by atoms with Crippen LogP contribution in [0.3, 0.4) is 0 Å². The normalized spacial score (nSPS) is 11.5. The molecule has 0 spiro atoms. The Balaban J connectivity index is 1.83. The zero-order valence-electron chi connectivity index (χ0n) is 16.6. The van der Waals surface area contributed by atoms with Gasteiger partial charge in [-0.15, -0.1) is 0 Å². The van der Waals surface area contributed by atoms with Crippen molar-refractivity contribution in [3.05, 3.63) is 83.2 Å². The Labute approximate surface area is 178 Å². The molecule has 4 aromatic rings. The van der Waals surface area contributed by atoms with E-state index in [1.807, 2.05) is 6.92 Å². The monoisotopic (exact) mass is 437 g/mol. The molecule has 0 amide bonds. The minimum atomic E-state index is -3.76. The number of aromatic nitrogens is 3. The predicted molar refractivity (Wildman–Crippen MR) is 116 cm³/mol. The van der Waals surface area contributed by atoms with Crippen LogP contribution in [0.15, 0.2) is 78.0 Å². The van der Waals surface area contributed by atoms with Gasteiger partial charge in [-0.2, -0.15) is 5.10 Å². The Morgan fingerprint density at radius 1 is 1.10 bits per heavy atom. The van der Waals surface area contributed by atoms with Crippen LogP contribution in [-0.4, -0.2) is 34.5 Å². The molecule has 0 atom stereocenters. The standard InChI is InChI=1S/C21H19N5O4S/c1-2-13-24(31(29,30)18-9-4-3-5-10-18)17-8-6-7-16(14-17)19-11-12-22-21-20(26(27)28)15-23-25(19)21/h3-12,14-15H,2,13H2,1H3. The SMILES string of the molecule is CCCN(c1cccc(-c2ccnc3c([N+](=O)[O-])cnn23)c1)S(=O)(=O)c1ccccc1. The number of nitrogens with zero attached hydrogens (tertiary/aromatic N) is 5. The highest BCUT2D eigenvalue weighted by Gasteiger charge is 2.25. The van der Waals surface area contributed by atoms with Gasteiger partial charge in [0.25, 0.3) is 10.0 Å². The van der Waals surface area contributed by atoms with Gasteiger partial charge in [-0.3, -0.25) is 14.4 Å². The lowest BCUT2D eigenvalue weighted by Gasteiger charge is -2.24. The number of benzene rings is 2. The first-order valence-corrected chi connectivity index (χ1v) is 11.0. The smallest absolute Gasteiger partial charge is 0.266 e. The van der Waals surface area contributed by atoms with Gasteiger partial charge in [-0.25, -0.2) is 17.9 Å². The molecule has 0 bridgehead atoms. The largest absolute Gasteiger partial charge is 0.333 e. The summed E-state index contributed by atoms with van der Waals surface area (Å²) in [4.78, 5) is 15.0. The molecule has 0 fully saturated rings. The molecule has 9 nitrogen and oxygen atoms in total. The molecule has 4 rings (SSSR count). The minimum absolute atomic E-state index is 0.121. The summed E-state index contributed by atoms with van der Waals surface area (Å²) >= 11 is 0. The summed E-state index contributed by atoms with van der Waals surface area (Å²) in [6.07, 6.45) is 3.25. The van der Waals surface area contributed by atoms with Crippen molar-refractivity contribution in [2.24, 2.45) is 0 Å². The Hall–Kier alpha value is -3.79. The van der Waals surface area contributed by atoms with E-state index in [1.165, 1.54) is 15.0 Å². The van der Waals surface area contributed by atoms with E-state index in [0.29, 0.717) is 29.9 Å². The molecule has 0 radical (unpaired) electrons.